The molecule has 1 heterocycles. The Morgan fingerprint density at radius 1 is 1.14 bits per heavy atom. The van der Waals surface area contributed by atoms with Crippen LogP contribution in [0.25, 0.3) is 0 Å². The van der Waals surface area contributed by atoms with E-state index in [0.717, 1.165) is 11.4 Å². The number of hydrogen-bond donors (Lipinski definition) is 2. The standard InChI is InChI=1S/C17H21N3O/c1-11(2)13-5-7-15(8-6-13)20-17(21)14-9-12(3)19-16(10-14)18-4/h5-11H,1-4H3,(H,18,19)(H,20,21). The Morgan fingerprint density at radius 2 is 1.81 bits per heavy atom. The molecular formula is C17H21N3O. The lowest BCUT2D eigenvalue weighted by atomic mass is 10.0. The maximum absolute atomic E-state index is 12.3. The summed E-state index contributed by atoms with van der Waals surface area (Å²) in [5.41, 5.74) is 3.46. The van der Waals surface area contributed by atoms with Gasteiger partial charge in [-0.2, -0.15) is 0 Å². The molecule has 0 bridgehead atoms. The van der Waals surface area contributed by atoms with Crippen LogP contribution in [0, 0.1) is 6.92 Å². The van der Waals surface area contributed by atoms with Gasteiger partial charge in [-0.05, 0) is 42.7 Å². The minimum absolute atomic E-state index is 0.130. The van der Waals surface area contributed by atoms with Gasteiger partial charge in [-0.3, -0.25) is 4.79 Å². The molecule has 2 rings (SSSR count). The minimum atomic E-state index is -0.130. The van der Waals surface area contributed by atoms with Gasteiger partial charge in [0.1, 0.15) is 5.82 Å². The number of aryl methyl sites for hydroxylation is 1. The van der Waals surface area contributed by atoms with E-state index < -0.39 is 0 Å². The highest BCUT2D eigenvalue weighted by molar-refractivity contribution is 6.04. The lowest BCUT2D eigenvalue weighted by Crippen LogP contribution is -2.13. The zero-order valence-electron chi connectivity index (χ0n) is 12.9. The van der Waals surface area contributed by atoms with Gasteiger partial charge in [0.05, 0.1) is 0 Å². The third kappa shape index (κ3) is 3.81. The highest BCUT2D eigenvalue weighted by atomic mass is 16.1. The second kappa shape index (κ2) is 6.39. The smallest absolute Gasteiger partial charge is 0.255 e. The van der Waals surface area contributed by atoms with Crippen LogP contribution in [0.1, 0.15) is 41.4 Å². The van der Waals surface area contributed by atoms with Crippen LogP contribution < -0.4 is 10.6 Å². The van der Waals surface area contributed by atoms with Gasteiger partial charge in [0.2, 0.25) is 0 Å². The van der Waals surface area contributed by atoms with Crippen LogP contribution in [0.4, 0.5) is 11.5 Å². The number of carbonyl (C=O) groups is 1. The summed E-state index contributed by atoms with van der Waals surface area (Å²) in [5, 5.41) is 5.86. The minimum Gasteiger partial charge on any atom is -0.373 e. The first kappa shape index (κ1) is 15.0. The molecule has 1 aromatic carbocycles. The molecule has 0 fully saturated rings. The molecule has 2 aromatic rings. The SMILES string of the molecule is CNc1cc(C(=O)Nc2ccc(C(C)C)cc2)cc(C)n1. The molecule has 1 aromatic heterocycles. The molecule has 110 valence electrons. The first-order valence-electron chi connectivity index (χ1n) is 7.07. The summed E-state index contributed by atoms with van der Waals surface area (Å²) in [6.45, 7) is 6.16. The van der Waals surface area contributed by atoms with E-state index in [9.17, 15) is 4.79 Å². The van der Waals surface area contributed by atoms with Crippen molar-refractivity contribution in [1.29, 1.82) is 0 Å². The molecule has 21 heavy (non-hydrogen) atoms. The molecule has 0 unspecified atom stereocenters. The van der Waals surface area contributed by atoms with Gasteiger partial charge >= 0.3 is 0 Å². The van der Waals surface area contributed by atoms with Gasteiger partial charge in [0.25, 0.3) is 5.91 Å². The second-order valence-electron chi connectivity index (χ2n) is 5.36. The molecule has 0 radical (unpaired) electrons. The topological polar surface area (TPSA) is 54.0 Å². The first-order valence-corrected chi connectivity index (χ1v) is 7.07. The van der Waals surface area contributed by atoms with Crippen molar-refractivity contribution in [3.05, 3.63) is 53.2 Å². The summed E-state index contributed by atoms with van der Waals surface area (Å²) in [4.78, 5) is 16.6. The van der Waals surface area contributed by atoms with Crippen molar-refractivity contribution in [2.75, 3.05) is 17.7 Å². The van der Waals surface area contributed by atoms with Crippen LogP contribution in [-0.4, -0.2) is 17.9 Å². The van der Waals surface area contributed by atoms with E-state index in [1.807, 2.05) is 31.2 Å². The Bertz CT molecular complexity index is 633. The highest BCUT2D eigenvalue weighted by Gasteiger charge is 2.09. The highest BCUT2D eigenvalue weighted by Crippen LogP contribution is 2.18. The van der Waals surface area contributed by atoms with Gasteiger partial charge in [-0.1, -0.05) is 26.0 Å². The molecule has 0 aliphatic heterocycles. The Kier molecular flexibility index (Phi) is 4.58. The fourth-order valence-electron chi connectivity index (χ4n) is 2.08. The number of rotatable bonds is 4. The van der Waals surface area contributed by atoms with E-state index in [4.69, 9.17) is 0 Å². The van der Waals surface area contributed by atoms with Crippen molar-refractivity contribution in [1.82, 2.24) is 4.98 Å². The van der Waals surface area contributed by atoms with Crippen LogP contribution in [0.3, 0.4) is 0 Å². The summed E-state index contributed by atoms with van der Waals surface area (Å²) in [7, 11) is 1.79. The quantitative estimate of drug-likeness (QED) is 0.897. The van der Waals surface area contributed by atoms with Crippen molar-refractivity contribution in [3.63, 3.8) is 0 Å². The number of anilines is 2. The first-order chi connectivity index (χ1) is 9.99. The Hall–Kier alpha value is -2.36. The maximum atomic E-state index is 12.3. The summed E-state index contributed by atoms with van der Waals surface area (Å²) < 4.78 is 0. The number of pyridine rings is 1. The zero-order valence-corrected chi connectivity index (χ0v) is 12.9. The van der Waals surface area contributed by atoms with Gasteiger partial charge in [0, 0.05) is 24.0 Å². The van der Waals surface area contributed by atoms with Crippen molar-refractivity contribution in [3.8, 4) is 0 Å². The maximum Gasteiger partial charge on any atom is 0.255 e. The van der Waals surface area contributed by atoms with E-state index >= 15 is 0 Å². The molecule has 0 saturated heterocycles. The van der Waals surface area contributed by atoms with Crippen molar-refractivity contribution in [2.24, 2.45) is 0 Å². The third-order valence-electron chi connectivity index (χ3n) is 3.31. The summed E-state index contributed by atoms with van der Waals surface area (Å²) in [5.74, 6) is 1.04. The van der Waals surface area contributed by atoms with Crippen molar-refractivity contribution < 1.29 is 4.79 Å². The number of aromatic nitrogens is 1. The summed E-state index contributed by atoms with van der Waals surface area (Å²) in [6.07, 6.45) is 0. The van der Waals surface area contributed by atoms with Crippen molar-refractivity contribution >= 4 is 17.4 Å². The summed E-state index contributed by atoms with van der Waals surface area (Å²) >= 11 is 0. The van der Waals surface area contributed by atoms with Crippen LogP contribution in [0.15, 0.2) is 36.4 Å². The predicted octanol–water partition coefficient (Wildman–Crippen LogP) is 3.81. The van der Waals surface area contributed by atoms with Gasteiger partial charge < -0.3 is 10.6 Å². The number of benzene rings is 1. The Labute approximate surface area is 125 Å². The number of carbonyl (C=O) groups excluding carboxylic acids is 1. The van der Waals surface area contributed by atoms with Crippen LogP contribution >= 0.6 is 0 Å². The average molecular weight is 283 g/mol. The van der Waals surface area contributed by atoms with Crippen molar-refractivity contribution in [2.45, 2.75) is 26.7 Å². The average Bonchev–Trinajstić information content (AvgIpc) is 2.47. The molecule has 0 aliphatic carbocycles. The van der Waals surface area contributed by atoms with E-state index in [1.54, 1.807) is 19.2 Å². The second-order valence-corrected chi connectivity index (χ2v) is 5.36. The third-order valence-corrected chi connectivity index (χ3v) is 3.31. The van der Waals surface area contributed by atoms with E-state index in [-0.39, 0.29) is 5.91 Å². The fourth-order valence-corrected chi connectivity index (χ4v) is 2.08. The fraction of sp³-hybridized carbons (Fsp3) is 0.294. The number of nitrogens with one attached hydrogen (secondary N) is 2. The van der Waals surface area contributed by atoms with Crippen LogP contribution in [0.5, 0.6) is 0 Å². The Morgan fingerprint density at radius 3 is 2.38 bits per heavy atom. The van der Waals surface area contributed by atoms with Gasteiger partial charge in [0.15, 0.2) is 0 Å². The molecule has 0 aliphatic rings. The number of nitrogens with zero attached hydrogens (tertiary/aromatic N) is 1. The number of hydrogen-bond acceptors (Lipinski definition) is 3. The van der Waals surface area contributed by atoms with Gasteiger partial charge in [-0.25, -0.2) is 4.98 Å². The van der Waals surface area contributed by atoms with Gasteiger partial charge in [-0.15, -0.1) is 0 Å². The molecule has 4 nitrogen and oxygen atoms in total. The predicted molar refractivity (Wildman–Crippen MR) is 87.0 cm³/mol. The molecule has 0 saturated carbocycles. The molecule has 4 heteroatoms. The summed E-state index contributed by atoms with van der Waals surface area (Å²) in [6, 6.07) is 11.5. The lowest BCUT2D eigenvalue weighted by molar-refractivity contribution is 0.102. The molecule has 0 spiro atoms. The van der Waals surface area contributed by atoms with E-state index in [1.165, 1.54) is 5.56 Å². The molecule has 1 amide bonds. The monoisotopic (exact) mass is 283 g/mol. The Balaban J connectivity index is 2.15. The van der Waals surface area contributed by atoms with Crippen LogP contribution in [0.2, 0.25) is 0 Å². The lowest BCUT2D eigenvalue weighted by Gasteiger charge is -2.10. The number of amides is 1. The normalized spacial score (nSPS) is 10.5. The van der Waals surface area contributed by atoms with Crippen LogP contribution in [-0.2, 0) is 0 Å². The van der Waals surface area contributed by atoms with E-state index in [0.29, 0.717) is 17.3 Å². The zero-order chi connectivity index (χ0) is 15.4. The van der Waals surface area contributed by atoms with E-state index in [2.05, 4.69) is 29.5 Å². The molecular weight excluding hydrogens is 262 g/mol. The molecule has 0 atom stereocenters. The molecule has 2 N–H and O–H groups in total. The largest absolute Gasteiger partial charge is 0.373 e.